The third kappa shape index (κ3) is 6.41. The lowest BCUT2D eigenvalue weighted by Crippen LogP contribution is -2.09. The van der Waals surface area contributed by atoms with E-state index in [1.807, 2.05) is 30.4 Å². The molecule has 0 atom stereocenters. The molecule has 3 aromatic rings. The summed E-state index contributed by atoms with van der Waals surface area (Å²) in [6.45, 7) is 0. The van der Waals surface area contributed by atoms with Crippen molar-refractivity contribution in [2.75, 3.05) is 33.8 Å². The van der Waals surface area contributed by atoms with Gasteiger partial charge in [-0.2, -0.15) is 0 Å². The Labute approximate surface area is 208 Å². The molecule has 1 N–H and O–H groups in total. The van der Waals surface area contributed by atoms with Crippen molar-refractivity contribution in [1.82, 2.24) is 0 Å². The van der Waals surface area contributed by atoms with Crippen LogP contribution in [-0.4, -0.2) is 39.3 Å². The number of hydrogen-bond acceptors (Lipinski definition) is 7. The smallest absolute Gasteiger partial charge is 0.270 e. The Morgan fingerprint density at radius 3 is 2.03 bits per heavy atom. The summed E-state index contributed by atoms with van der Waals surface area (Å²) < 4.78 is 21.5. The molecule has 9 nitrogen and oxygen atoms in total. The standard InChI is InChI=1S/C27H26N2O7/c1-33-23-12-10-19(8-9-20-16-24(34-2)27(36-4)25(17-20)35-3)15-22(23)28-26(30)13-11-18-6-5-7-21(14-18)29(31)32/h5-17H,1-4H3,(H,28,30)/b9-8+,13-11+. The van der Waals surface area contributed by atoms with Crippen LogP contribution in [0.5, 0.6) is 23.0 Å². The largest absolute Gasteiger partial charge is 0.495 e. The van der Waals surface area contributed by atoms with E-state index in [1.165, 1.54) is 31.4 Å². The van der Waals surface area contributed by atoms with E-state index in [0.29, 0.717) is 34.2 Å². The predicted molar refractivity (Wildman–Crippen MR) is 139 cm³/mol. The number of nitro benzene ring substituents is 1. The fourth-order valence-corrected chi connectivity index (χ4v) is 3.41. The van der Waals surface area contributed by atoms with Crippen LogP contribution in [0.25, 0.3) is 18.2 Å². The van der Waals surface area contributed by atoms with Crippen molar-refractivity contribution < 1.29 is 28.7 Å². The second-order valence-electron chi connectivity index (χ2n) is 7.43. The molecule has 0 aliphatic rings. The molecule has 0 aromatic heterocycles. The van der Waals surface area contributed by atoms with Gasteiger partial charge in [-0.1, -0.05) is 30.4 Å². The summed E-state index contributed by atoms with van der Waals surface area (Å²) in [4.78, 5) is 23.0. The number of nitro groups is 1. The van der Waals surface area contributed by atoms with Crippen molar-refractivity contribution >= 4 is 35.5 Å². The number of benzene rings is 3. The third-order valence-corrected chi connectivity index (χ3v) is 5.14. The van der Waals surface area contributed by atoms with Crippen LogP contribution in [0.1, 0.15) is 16.7 Å². The van der Waals surface area contributed by atoms with Crippen LogP contribution in [0.3, 0.4) is 0 Å². The first-order valence-electron chi connectivity index (χ1n) is 10.8. The first kappa shape index (κ1) is 25.8. The summed E-state index contributed by atoms with van der Waals surface area (Å²) in [6, 6.07) is 15.0. The number of ether oxygens (including phenoxy) is 4. The van der Waals surface area contributed by atoms with E-state index in [9.17, 15) is 14.9 Å². The number of rotatable bonds is 10. The summed E-state index contributed by atoms with van der Waals surface area (Å²) >= 11 is 0. The van der Waals surface area contributed by atoms with Gasteiger partial charge in [-0.25, -0.2) is 0 Å². The minimum atomic E-state index is -0.487. The van der Waals surface area contributed by atoms with Crippen LogP contribution >= 0.6 is 0 Å². The van der Waals surface area contributed by atoms with Crippen molar-refractivity contribution in [2.45, 2.75) is 0 Å². The molecule has 0 aliphatic carbocycles. The monoisotopic (exact) mass is 490 g/mol. The van der Waals surface area contributed by atoms with Crippen LogP contribution in [0.4, 0.5) is 11.4 Å². The van der Waals surface area contributed by atoms with Crippen LogP contribution in [0, 0.1) is 10.1 Å². The molecule has 0 radical (unpaired) electrons. The minimum absolute atomic E-state index is 0.0502. The zero-order valence-corrected chi connectivity index (χ0v) is 20.3. The van der Waals surface area contributed by atoms with Gasteiger partial charge in [-0.15, -0.1) is 0 Å². The molecule has 9 heteroatoms. The van der Waals surface area contributed by atoms with Crippen molar-refractivity contribution in [3.8, 4) is 23.0 Å². The first-order chi connectivity index (χ1) is 17.4. The molecule has 0 unspecified atom stereocenters. The molecule has 0 fully saturated rings. The number of nitrogens with one attached hydrogen (secondary N) is 1. The molecule has 36 heavy (non-hydrogen) atoms. The lowest BCUT2D eigenvalue weighted by molar-refractivity contribution is -0.384. The summed E-state index contributed by atoms with van der Waals surface area (Å²) in [5.41, 5.74) is 2.59. The van der Waals surface area contributed by atoms with Crippen LogP contribution < -0.4 is 24.3 Å². The zero-order valence-electron chi connectivity index (χ0n) is 20.3. The van der Waals surface area contributed by atoms with E-state index in [0.717, 1.165) is 11.1 Å². The van der Waals surface area contributed by atoms with Crippen LogP contribution in [0.2, 0.25) is 0 Å². The van der Waals surface area contributed by atoms with Gasteiger partial charge in [0.05, 0.1) is 39.0 Å². The van der Waals surface area contributed by atoms with Crippen molar-refractivity contribution in [3.05, 3.63) is 87.5 Å². The van der Waals surface area contributed by atoms with Gasteiger partial charge in [0.2, 0.25) is 11.7 Å². The van der Waals surface area contributed by atoms with Crippen molar-refractivity contribution in [2.24, 2.45) is 0 Å². The highest BCUT2D eigenvalue weighted by Gasteiger charge is 2.12. The molecule has 3 aromatic carbocycles. The van der Waals surface area contributed by atoms with Gasteiger partial charge in [-0.05, 0) is 47.0 Å². The number of non-ortho nitro benzene ring substituents is 1. The number of anilines is 1. The second-order valence-corrected chi connectivity index (χ2v) is 7.43. The Morgan fingerprint density at radius 1 is 0.778 bits per heavy atom. The van der Waals surface area contributed by atoms with Crippen LogP contribution in [-0.2, 0) is 4.79 Å². The highest BCUT2D eigenvalue weighted by molar-refractivity contribution is 6.03. The number of nitrogens with zero attached hydrogens (tertiary/aromatic N) is 1. The summed E-state index contributed by atoms with van der Waals surface area (Å²) in [7, 11) is 6.16. The zero-order chi connectivity index (χ0) is 26.1. The minimum Gasteiger partial charge on any atom is -0.495 e. The average molecular weight is 491 g/mol. The number of methoxy groups -OCH3 is 4. The third-order valence-electron chi connectivity index (χ3n) is 5.14. The maximum atomic E-state index is 12.5. The fraction of sp³-hybridized carbons (Fsp3) is 0.148. The number of hydrogen-bond donors (Lipinski definition) is 1. The Bertz CT molecular complexity index is 1290. The molecule has 1 amide bonds. The molecule has 0 saturated carbocycles. The molecule has 0 aliphatic heterocycles. The Balaban J connectivity index is 1.80. The van der Waals surface area contributed by atoms with E-state index in [2.05, 4.69) is 5.32 Å². The lowest BCUT2D eigenvalue weighted by atomic mass is 10.1. The van der Waals surface area contributed by atoms with E-state index in [-0.39, 0.29) is 5.69 Å². The predicted octanol–water partition coefficient (Wildman–Crippen LogP) is 5.45. The Morgan fingerprint density at radius 2 is 1.42 bits per heavy atom. The highest BCUT2D eigenvalue weighted by atomic mass is 16.6. The van der Waals surface area contributed by atoms with Gasteiger partial charge in [-0.3, -0.25) is 14.9 Å². The summed E-state index contributed by atoms with van der Waals surface area (Å²) in [5, 5.41) is 13.7. The number of amides is 1. The van der Waals surface area contributed by atoms with Gasteiger partial charge < -0.3 is 24.3 Å². The number of carbonyl (C=O) groups is 1. The van der Waals surface area contributed by atoms with E-state index < -0.39 is 10.8 Å². The first-order valence-corrected chi connectivity index (χ1v) is 10.8. The topological polar surface area (TPSA) is 109 Å². The van der Waals surface area contributed by atoms with Gasteiger partial charge in [0, 0.05) is 18.2 Å². The molecular formula is C27H26N2O7. The van der Waals surface area contributed by atoms with Crippen LogP contribution in [0.15, 0.2) is 60.7 Å². The molecular weight excluding hydrogens is 464 g/mol. The lowest BCUT2D eigenvalue weighted by Gasteiger charge is -2.13. The molecule has 0 heterocycles. The molecule has 0 bridgehead atoms. The maximum absolute atomic E-state index is 12.5. The summed E-state index contributed by atoms with van der Waals surface area (Å²) in [6.07, 6.45) is 6.55. The van der Waals surface area contributed by atoms with E-state index >= 15 is 0 Å². The Kier molecular flexibility index (Phi) is 8.66. The normalized spacial score (nSPS) is 10.9. The summed E-state index contributed by atoms with van der Waals surface area (Å²) in [5.74, 6) is 1.65. The van der Waals surface area contributed by atoms with Crippen molar-refractivity contribution in [3.63, 3.8) is 0 Å². The molecule has 3 rings (SSSR count). The van der Waals surface area contributed by atoms with Gasteiger partial charge >= 0.3 is 0 Å². The highest BCUT2D eigenvalue weighted by Crippen LogP contribution is 2.38. The Hall–Kier alpha value is -4.79. The molecule has 186 valence electrons. The fourth-order valence-electron chi connectivity index (χ4n) is 3.41. The van der Waals surface area contributed by atoms with Crippen molar-refractivity contribution in [1.29, 1.82) is 0 Å². The van der Waals surface area contributed by atoms with Gasteiger partial charge in [0.15, 0.2) is 11.5 Å². The second kappa shape index (κ2) is 12.1. The molecule has 0 saturated heterocycles. The maximum Gasteiger partial charge on any atom is 0.270 e. The van der Waals surface area contributed by atoms with Gasteiger partial charge in [0.1, 0.15) is 5.75 Å². The molecule has 0 spiro atoms. The van der Waals surface area contributed by atoms with Gasteiger partial charge in [0.25, 0.3) is 5.69 Å². The number of carbonyl (C=O) groups excluding carboxylic acids is 1. The SMILES string of the molecule is COc1ccc(/C=C/c2cc(OC)c(OC)c(OC)c2)cc1NC(=O)/C=C/c1cccc([N+](=O)[O-])c1. The quantitative estimate of drug-likeness (QED) is 0.174. The van der Waals surface area contributed by atoms with E-state index in [4.69, 9.17) is 18.9 Å². The average Bonchev–Trinajstić information content (AvgIpc) is 2.90. The van der Waals surface area contributed by atoms with E-state index in [1.54, 1.807) is 45.6 Å².